The summed E-state index contributed by atoms with van der Waals surface area (Å²) in [6.45, 7) is 4.37. The Kier molecular flexibility index (Phi) is 4.52. The third-order valence-corrected chi connectivity index (χ3v) is 1.33. The maximum Gasteiger partial charge on any atom is 0.321 e. The molecular formula is C8H16N2O4. The van der Waals surface area contributed by atoms with Crippen LogP contribution in [0.15, 0.2) is 0 Å². The van der Waals surface area contributed by atoms with Crippen LogP contribution in [-0.2, 0) is 14.3 Å². The van der Waals surface area contributed by atoms with Crippen molar-refractivity contribution in [1.82, 2.24) is 5.43 Å². The first kappa shape index (κ1) is 12.9. The summed E-state index contributed by atoms with van der Waals surface area (Å²) in [5.41, 5.74) is 1.09. The van der Waals surface area contributed by atoms with Crippen LogP contribution in [0.2, 0.25) is 0 Å². The number of nitrogens with two attached hydrogens (primary N) is 1. The van der Waals surface area contributed by atoms with Gasteiger partial charge in [0.15, 0.2) is 5.92 Å². The quantitative estimate of drug-likeness (QED) is 0.178. The van der Waals surface area contributed by atoms with Crippen molar-refractivity contribution in [1.29, 1.82) is 0 Å². The lowest BCUT2D eigenvalue weighted by molar-refractivity contribution is -0.164. The van der Waals surface area contributed by atoms with E-state index in [0.29, 0.717) is 0 Å². The minimum absolute atomic E-state index is 0.627. The van der Waals surface area contributed by atoms with Gasteiger partial charge in [0.05, 0.1) is 6.61 Å². The van der Waals surface area contributed by atoms with Crippen LogP contribution in [0.5, 0.6) is 0 Å². The van der Waals surface area contributed by atoms with Gasteiger partial charge in [-0.3, -0.25) is 15.0 Å². The highest BCUT2D eigenvalue weighted by Crippen LogP contribution is 2.11. The highest BCUT2D eigenvalue weighted by molar-refractivity contribution is 5.97. The smallest absolute Gasteiger partial charge is 0.321 e. The van der Waals surface area contributed by atoms with Gasteiger partial charge < -0.3 is 9.84 Å². The second-order valence-electron chi connectivity index (χ2n) is 3.78. The van der Waals surface area contributed by atoms with Gasteiger partial charge in [-0.05, 0) is 20.8 Å². The summed E-state index contributed by atoms with van der Waals surface area (Å²) in [6, 6.07) is 0. The number of rotatable bonds is 3. The number of aliphatic hydroxyl groups excluding tert-OH is 1. The van der Waals surface area contributed by atoms with E-state index in [2.05, 4.69) is 0 Å². The Labute approximate surface area is 82.4 Å². The van der Waals surface area contributed by atoms with Crippen molar-refractivity contribution in [2.75, 3.05) is 6.61 Å². The summed E-state index contributed by atoms with van der Waals surface area (Å²) in [6.07, 6.45) is 0. The van der Waals surface area contributed by atoms with Crippen LogP contribution in [-0.4, -0.2) is 29.2 Å². The van der Waals surface area contributed by atoms with E-state index in [1.807, 2.05) is 0 Å². The van der Waals surface area contributed by atoms with Crippen LogP contribution in [0.25, 0.3) is 0 Å². The van der Waals surface area contributed by atoms with Crippen LogP contribution in [0, 0.1) is 5.92 Å². The third-order valence-electron chi connectivity index (χ3n) is 1.33. The van der Waals surface area contributed by atoms with Crippen molar-refractivity contribution in [3.63, 3.8) is 0 Å². The number of hydrogen-bond donors (Lipinski definition) is 3. The zero-order valence-corrected chi connectivity index (χ0v) is 8.53. The predicted octanol–water partition coefficient (Wildman–Crippen LogP) is -1.07. The summed E-state index contributed by atoms with van der Waals surface area (Å²) in [5.74, 6) is 2.02. The fourth-order valence-electron chi connectivity index (χ4n) is 0.738. The van der Waals surface area contributed by atoms with Crippen LogP contribution in [0.1, 0.15) is 20.8 Å². The lowest BCUT2D eigenvalue weighted by atomic mass is 10.1. The first-order valence-electron chi connectivity index (χ1n) is 4.16. The number of carbonyl (C=O) groups is 2. The average Bonchev–Trinajstić information content (AvgIpc) is 2.01. The molecule has 1 unspecified atom stereocenters. The molecule has 0 aromatic carbocycles. The van der Waals surface area contributed by atoms with Gasteiger partial charge in [0.25, 0.3) is 5.91 Å². The van der Waals surface area contributed by atoms with E-state index in [1.54, 1.807) is 26.2 Å². The Morgan fingerprint density at radius 1 is 1.50 bits per heavy atom. The Hall–Kier alpha value is -1.14. The highest BCUT2D eigenvalue weighted by atomic mass is 16.6. The lowest BCUT2D eigenvalue weighted by Crippen LogP contribution is -2.43. The molecular weight excluding hydrogens is 188 g/mol. The van der Waals surface area contributed by atoms with E-state index in [1.165, 1.54) is 0 Å². The van der Waals surface area contributed by atoms with Gasteiger partial charge in [-0.25, -0.2) is 5.84 Å². The molecule has 1 amide bonds. The van der Waals surface area contributed by atoms with Gasteiger partial charge in [0.2, 0.25) is 0 Å². The van der Waals surface area contributed by atoms with E-state index < -0.39 is 30.0 Å². The molecule has 0 rings (SSSR count). The summed E-state index contributed by atoms with van der Waals surface area (Å²) in [5, 5.41) is 8.78. The molecule has 6 nitrogen and oxygen atoms in total. The van der Waals surface area contributed by atoms with Crippen molar-refractivity contribution < 1.29 is 19.4 Å². The number of carbonyl (C=O) groups excluding carboxylic acids is 2. The monoisotopic (exact) mass is 204 g/mol. The molecule has 0 heterocycles. The van der Waals surface area contributed by atoms with Crippen LogP contribution in [0.3, 0.4) is 0 Å². The van der Waals surface area contributed by atoms with E-state index in [-0.39, 0.29) is 0 Å². The first-order valence-corrected chi connectivity index (χ1v) is 4.16. The fraction of sp³-hybridized carbons (Fsp3) is 0.750. The normalized spacial score (nSPS) is 13.2. The topological polar surface area (TPSA) is 102 Å². The van der Waals surface area contributed by atoms with Crippen molar-refractivity contribution in [2.24, 2.45) is 11.8 Å². The van der Waals surface area contributed by atoms with E-state index in [4.69, 9.17) is 15.7 Å². The minimum Gasteiger partial charge on any atom is -0.459 e. The SMILES string of the molecule is CC(C)(C)OC(=O)C(CO)C(=O)NN. The van der Waals surface area contributed by atoms with Gasteiger partial charge in [-0.2, -0.15) is 0 Å². The van der Waals surface area contributed by atoms with Gasteiger partial charge >= 0.3 is 5.97 Å². The van der Waals surface area contributed by atoms with Crippen LogP contribution < -0.4 is 11.3 Å². The average molecular weight is 204 g/mol. The summed E-state index contributed by atoms with van der Waals surface area (Å²) in [7, 11) is 0. The zero-order chi connectivity index (χ0) is 11.4. The van der Waals surface area contributed by atoms with E-state index in [0.717, 1.165) is 0 Å². The molecule has 0 saturated heterocycles. The molecule has 0 radical (unpaired) electrons. The van der Waals surface area contributed by atoms with Crippen molar-refractivity contribution >= 4 is 11.9 Å². The fourth-order valence-corrected chi connectivity index (χ4v) is 0.738. The molecule has 0 spiro atoms. The Bertz CT molecular complexity index is 222. The predicted molar refractivity (Wildman–Crippen MR) is 48.8 cm³/mol. The van der Waals surface area contributed by atoms with Crippen molar-refractivity contribution in [3.8, 4) is 0 Å². The summed E-state index contributed by atoms with van der Waals surface area (Å²) >= 11 is 0. The molecule has 0 fully saturated rings. The molecule has 0 aliphatic carbocycles. The largest absolute Gasteiger partial charge is 0.459 e. The number of hydrogen-bond acceptors (Lipinski definition) is 5. The van der Waals surface area contributed by atoms with Gasteiger partial charge in [0, 0.05) is 0 Å². The molecule has 0 aromatic heterocycles. The molecule has 4 N–H and O–H groups in total. The Morgan fingerprint density at radius 2 is 2.00 bits per heavy atom. The molecule has 0 aromatic rings. The lowest BCUT2D eigenvalue weighted by Gasteiger charge is -2.22. The van der Waals surface area contributed by atoms with Crippen molar-refractivity contribution in [2.45, 2.75) is 26.4 Å². The zero-order valence-electron chi connectivity index (χ0n) is 8.53. The number of nitrogens with one attached hydrogen (secondary N) is 1. The highest BCUT2D eigenvalue weighted by Gasteiger charge is 2.30. The molecule has 0 bridgehead atoms. The van der Waals surface area contributed by atoms with Crippen LogP contribution in [0.4, 0.5) is 0 Å². The summed E-state index contributed by atoms with van der Waals surface area (Å²) < 4.78 is 4.90. The third kappa shape index (κ3) is 4.20. The first-order chi connectivity index (χ1) is 6.31. The number of esters is 1. The van der Waals surface area contributed by atoms with Gasteiger partial charge in [-0.1, -0.05) is 0 Å². The molecule has 0 saturated carbocycles. The number of aliphatic hydroxyl groups is 1. The molecule has 82 valence electrons. The second-order valence-corrected chi connectivity index (χ2v) is 3.78. The number of amides is 1. The van der Waals surface area contributed by atoms with Gasteiger partial charge in [0.1, 0.15) is 5.60 Å². The Morgan fingerprint density at radius 3 is 2.29 bits per heavy atom. The van der Waals surface area contributed by atoms with Crippen LogP contribution >= 0.6 is 0 Å². The molecule has 0 aliphatic heterocycles. The van der Waals surface area contributed by atoms with Gasteiger partial charge in [-0.15, -0.1) is 0 Å². The minimum atomic E-state index is -1.26. The maximum atomic E-state index is 11.3. The van der Waals surface area contributed by atoms with Crippen molar-refractivity contribution in [3.05, 3.63) is 0 Å². The number of ether oxygens (including phenoxy) is 1. The second kappa shape index (κ2) is 4.92. The summed E-state index contributed by atoms with van der Waals surface area (Å²) in [4.78, 5) is 22.3. The molecule has 14 heavy (non-hydrogen) atoms. The van der Waals surface area contributed by atoms with E-state index in [9.17, 15) is 9.59 Å². The molecule has 1 atom stereocenters. The molecule has 0 aliphatic rings. The Balaban J connectivity index is 4.40. The molecule has 6 heteroatoms. The standard InChI is InChI=1S/C8H16N2O4/c1-8(2,3)14-7(13)5(4-11)6(12)10-9/h5,11H,4,9H2,1-3H3,(H,10,12). The number of hydrazine groups is 1. The maximum absolute atomic E-state index is 11.3. The van der Waals surface area contributed by atoms with E-state index >= 15 is 0 Å².